The lowest BCUT2D eigenvalue weighted by Crippen LogP contribution is -2.18. The molecule has 0 spiro atoms. The van der Waals surface area contributed by atoms with Crippen LogP contribution in [0.1, 0.15) is 5.56 Å². The first-order valence-corrected chi connectivity index (χ1v) is 5.36. The molecule has 1 aliphatic carbocycles. The SMILES string of the molecule is O=C1C=CC(=O)C(C(=O)OCc2ccccc2)=C1. The van der Waals surface area contributed by atoms with Crippen LogP contribution in [0, 0.1) is 0 Å². The minimum absolute atomic E-state index is 0.0716. The van der Waals surface area contributed by atoms with Crippen LogP contribution in [0.5, 0.6) is 0 Å². The van der Waals surface area contributed by atoms with Crippen LogP contribution in [0.15, 0.2) is 54.1 Å². The summed E-state index contributed by atoms with van der Waals surface area (Å²) in [4.78, 5) is 34.1. The fraction of sp³-hybridized carbons (Fsp3) is 0.0714. The van der Waals surface area contributed by atoms with Gasteiger partial charge in [-0.3, -0.25) is 9.59 Å². The molecule has 0 atom stereocenters. The van der Waals surface area contributed by atoms with Crippen molar-refractivity contribution in [3.05, 3.63) is 59.7 Å². The first-order valence-electron chi connectivity index (χ1n) is 5.36. The monoisotopic (exact) mass is 242 g/mol. The van der Waals surface area contributed by atoms with Crippen LogP contribution in [-0.4, -0.2) is 17.5 Å². The molecule has 0 fully saturated rings. The van der Waals surface area contributed by atoms with Gasteiger partial charge in [-0.2, -0.15) is 0 Å². The molecule has 0 aromatic heterocycles. The van der Waals surface area contributed by atoms with Gasteiger partial charge in [0.25, 0.3) is 0 Å². The number of allylic oxidation sites excluding steroid dienone is 3. The highest BCUT2D eigenvalue weighted by Gasteiger charge is 2.21. The van der Waals surface area contributed by atoms with Crippen molar-refractivity contribution in [2.75, 3.05) is 0 Å². The van der Waals surface area contributed by atoms with Gasteiger partial charge < -0.3 is 4.74 Å². The van der Waals surface area contributed by atoms with E-state index in [1.807, 2.05) is 18.2 Å². The Morgan fingerprint density at radius 2 is 1.78 bits per heavy atom. The maximum absolute atomic E-state index is 11.6. The van der Waals surface area contributed by atoms with Crippen LogP contribution in [-0.2, 0) is 25.7 Å². The van der Waals surface area contributed by atoms with Crippen LogP contribution in [0.4, 0.5) is 0 Å². The fourth-order valence-corrected chi connectivity index (χ4v) is 1.47. The van der Waals surface area contributed by atoms with E-state index in [9.17, 15) is 14.4 Å². The number of ketones is 2. The second-order valence-corrected chi connectivity index (χ2v) is 3.72. The summed E-state index contributed by atoms with van der Waals surface area (Å²) >= 11 is 0. The van der Waals surface area contributed by atoms with E-state index in [1.54, 1.807) is 12.1 Å². The summed E-state index contributed by atoms with van der Waals surface area (Å²) in [5, 5.41) is 0. The molecule has 2 rings (SSSR count). The van der Waals surface area contributed by atoms with Gasteiger partial charge >= 0.3 is 5.97 Å². The van der Waals surface area contributed by atoms with Crippen molar-refractivity contribution in [2.24, 2.45) is 0 Å². The largest absolute Gasteiger partial charge is 0.457 e. The number of hydrogen-bond acceptors (Lipinski definition) is 4. The molecule has 0 saturated heterocycles. The molecule has 4 heteroatoms. The lowest BCUT2D eigenvalue weighted by molar-refractivity contribution is -0.141. The lowest BCUT2D eigenvalue weighted by Gasteiger charge is -2.07. The summed E-state index contributed by atoms with van der Waals surface area (Å²) < 4.78 is 4.97. The number of benzene rings is 1. The molecular formula is C14H10O4. The number of ether oxygens (including phenoxy) is 1. The average Bonchev–Trinajstić information content (AvgIpc) is 2.40. The fourth-order valence-electron chi connectivity index (χ4n) is 1.47. The molecule has 0 amide bonds. The van der Waals surface area contributed by atoms with Crippen molar-refractivity contribution in [3.8, 4) is 0 Å². The Hall–Kier alpha value is -2.49. The van der Waals surface area contributed by atoms with Gasteiger partial charge in [0.2, 0.25) is 0 Å². The van der Waals surface area contributed by atoms with Gasteiger partial charge in [-0.1, -0.05) is 30.3 Å². The van der Waals surface area contributed by atoms with Crippen LogP contribution in [0.2, 0.25) is 0 Å². The Morgan fingerprint density at radius 1 is 1.06 bits per heavy atom. The summed E-state index contributed by atoms with van der Waals surface area (Å²) in [6, 6.07) is 9.09. The molecule has 0 bridgehead atoms. The van der Waals surface area contributed by atoms with Gasteiger partial charge in [-0.05, 0) is 17.7 Å². The summed E-state index contributed by atoms with van der Waals surface area (Å²) in [6.45, 7) is 0.0716. The third-order valence-electron chi connectivity index (χ3n) is 2.38. The molecule has 90 valence electrons. The first-order chi connectivity index (χ1) is 8.66. The first kappa shape index (κ1) is 12.0. The smallest absolute Gasteiger partial charge is 0.342 e. The Morgan fingerprint density at radius 3 is 2.50 bits per heavy atom. The Balaban J connectivity index is 2.01. The normalized spacial score (nSPS) is 14.3. The third kappa shape index (κ3) is 2.79. The number of carbonyl (C=O) groups excluding carboxylic acids is 3. The molecule has 0 aliphatic heterocycles. The minimum atomic E-state index is -0.776. The summed E-state index contributed by atoms with van der Waals surface area (Å²) in [5.41, 5.74) is 0.593. The van der Waals surface area contributed by atoms with Gasteiger partial charge in [0.1, 0.15) is 12.2 Å². The van der Waals surface area contributed by atoms with Crippen molar-refractivity contribution in [2.45, 2.75) is 6.61 Å². The summed E-state index contributed by atoms with van der Waals surface area (Å²) in [6.07, 6.45) is 3.19. The van der Waals surface area contributed by atoms with E-state index in [1.165, 1.54) is 0 Å². The molecule has 18 heavy (non-hydrogen) atoms. The van der Waals surface area contributed by atoms with Crippen molar-refractivity contribution >= 4 is 17.5 Å². The van der Waals surface area contributed by atoms with E-state index in [4.69, 9.17) is 4.74 Å². The highest BCUT2D eigenvalue weighted by Crippen LogP contribution is 2.09. The molecule has 4 nitrogen and oxygen atoms in total. The van der Waals surface area contributed by atoms with E-state index in [0.717, 1.165) is 23.8 Å². The van der Waals surface area contributed by atoms with Crippen LogP contribution in [0.25, 0.3) is 0 Å². The standard InChI is InChI=1S/C14H10O4/c15-11-6-7-13(16)12(8-11)14(17)18-9-10-4-2-1-3-5-10/h1-8H,9H2. The minimum Gasteiger partial charge on any atom is -0.457 e. The lowest BCUT2D eigenvalue weighted by atomic mass is 10.0. The van der Waals surface area contributed by atoms with E-state index in [-0.39, 0.29) is 18.0 Å². The maximum atomic E-state index is 11.6. The molecule has 1 aliphatic rings. The second kappa shape index (κ2) is 5.23. The van der Waals surface area contributed by atoms with Crippen molar-refractivity contribution in [1.82, 2.24) is 0 Å². The van der Waals surface area contributed by atoms with E-state index >= 15 is 0 Å². The van der Waals surface area contributed by atoms with Crippen LogP contribution < -0.4 is 0 Å². The summed E-state index contributed by atoms with van der Waals surface area (Å²) in [5.74, 6) is -1.67. The maximum Gasteiger partial charge on any atom is 0.342 e. The van der Waals surface area contributed by atoms with Gasteiger partial charge in [0.05, 0.1) is 0 Å². The van der Waals surface area contributed by atoms with Crippen LogP contribution >= 0.6 is 0 Å². The highest BCUT2D eigenvalue weighted by molar-refractivity contribution is 6.28. The predicted molar refractivity (Wildman–Crippen MR) is 63.5 cm³/mol. The van der Waals surface area contributed by atoms with Gasteiger partial charge in [0, 0.05) is 6.08 Å². The van der Waals surface area contributed by atoms with Gasteiger partial charge in [-0.15, -0.1) is 0 Å². The van der Waals surface area contributed by atoms with E-state index in [2.05, 4.69) is 0 Å². The van der Waals surface area contributed by atoms with Crippen LogP contribution in [0.3, 0.4) is 0 Å². The van der Waals surface area contributed by atoms with Gasteiger partial charge in [0.15, 0.2) is 11.6 Å². The van der Waals surface area contributed by atoms with Gasteiger partial charge in [-0.25, -0.2) is 4.79 Å². The molecular weight excluding hydrogens is 232 g/mol. The third-order valence-corrected chi connectivity index (χ3v) is 2.38. The quantitative estimate of drug-likeness (QED) is 0.456. The molecule has 0 unspecified atom stereocenters. The molecule has 1 aromatic carbocycles. The molecule has 0 radical (unpaired) electrons. The van der Waals surface area contributed by atoms with Crippen molar-refractivity contribution in [1.29, 1.82) is 0 Å². The number of rotatable bonds is 3. The van der Waals surface area contributed by atoms with E-state index < -0.39 is 11.8 Å². The zero-order chi connectivity index (χ0) is 13.0. The second-order valence-electron chi connectivity index (χ2n) is 3.72. The molecule has 0 N–H and O–H groups in total. The predicted octanol–water partition coefficient (Wildman–Crippen LogP) is 1.36. The highest BCUT2D eigenvalue weighted by atomic mass is 16.5. The van der Waals surface area contributed by atoms with Crippen molar-refractivity contribution < 1.29 is 19.1 Å². The Kier molecular flexibility index (Phi) is 3.48. The van der Waals surface area contributed by atoms with Crippen molar-refractivity contribution in [3.63, 3.8) is 0 Å². The van der Waals surface area contributed by atoms with E-state index in [0.29, 0.717) is 0 Å². The molecule has 0 heterocycles. The topological polar surface area (TPSA) is 60.4 Å². The molecule has 0 saturated carbocycles. The zero-order valence-corrected chi connectivity index (χ0v) is 9.46. The number of carbonyl (C=O) groups is 3. The Labute approximate surface area is 104 Å². The average molecular weight is 242 g/mol. The summed E-state index contributed by atoms with van der Waals surface area (Å²) in [7, 11) is 0. The number of esters is 1. The Bertz CT molecular complexity index is 552. The zero-order valence-electron chi connectivity index (χ0n) is 9.46. The molecule has 1 aromatic rings. The number of hydrogen-bond donors (Lipinski definition) is 0.